The zero-order valence-corrected chi connectivity index (χ0v) is 14.7. The van der Waals surface area contributed by atoms with Crippen LogP contribution in [-0.2, 0) is 24.1 Å². The fraction of sp³-hybridized carbons (Fsp3) is 0.786. The van der Waals surface area contributed by atoms with Crippen LogP contribution in [0.4, 0.5) is 13.2 Å². The molecule has 1 unspecified atom stereocenters. The van der Waals surface area contributed by atoms with Crippen LogP contribution in [0.1, 0.15) is 43.8 Å². The van der Waals surface area contributed by atoms with Crippen molar-refractivity contribution in [3.05, 3.63) is 11.6 Å². The molecular weight excluding hydrogens is 361 g/mol. The highest BCUT2D eigenvalue weighted by Crippen LogP contribution is 2.40. The summed E-state index contributed by atoms with van der Waals surface area (Å²) in [6.45, 7) is 0.484. The third-order valence-corrected chi connectivity index (χ3v) is 7.26. The van der Waals surface area contributed by atoms with Crippen LogP contribution in [0.25, 0.3) is 0 Å². The van der Waals surface area contributed by atoms with Crippen molar-refractivity contribution in [1.29, 1.82) is 0 Å². The number of hydrogen-bond acceptors (Lipinski definition) is 5. The summed E-state index contributed by atoms with van der Waals surface area (Å²) < 4.78 is 39.4. The second-order valence-electron chi connectivity index (χ2n) is 5.98. The van der Waals surface area contributed by atoms with Crippen molar-refractivity contribution in [2.45, 2.75) is 56.6 Å². The van der Waals surface area contributed by atoms with E-state index in [4.69, 9.17) is 0 Å². The minimum absolute atomic E-state index is 0.00809. The first-order valence-electron chi connectivity index (χ1n) is 8.00. The number of aromatic nitrogens is 3. The number of nitrogens with zero attached hydrogens (tertiary/aromatic N) is 4. The number of alkyl halides is 3. The van der Waals surface area contributed by atoms with Crippen LogP contribution in [0, 0.1) is 0 Å². The Bertz CT molecular complexity index is 587. The summed E-state index contributed by atoms with van der Waals surface area (Å²) in [5, 5.41) is 7.53. The standard InChI is InChI=1S/C14H19F3N4OS2/c15-14(16,17)13-19-18-11-9-20(6-7-21(11)13)12(22)4-2-1-3-10-5-8-23-24-10/h10H,1-9H2. The third-order valence-electron chi connectivity index (χ3n) is 4.25. The van der Waals surface area contributed by atoms with Gasteiger partial charge in [0.25, 0.3) is 0 Å². The predicted octanol–water partition coefficient (Wildman–Crippen LogP) is 3.35. The van der Waals surface area contributed by atoms with Crippen molar-refractivity contribution < 1.29 is 18.0 Å². The van der Waals surface area contributed by atoms with E-state index in [0.29, 0.717) is 11.7 Å². The molecule has 3 rings (SSSR count). The summed E-state index contributed by atoms with van der Waals surface area (Å²) in [6, 6.07) is 0. The zero-order valence-electron chi connectivity index (χ0n) is 13.1. The number of carbonyl (C=O) groups excluding carboxylic acids is 1. The van der Waals surface area contributed by atoms with E-state index in [-0.39, 0.29) is 31.4 Å². The van der Waals surface area contributed by atoms with Gasteiger partial charge in [0.2, 0.25) is 11.7 Å². The second-order valence-corrected chi connectivity index (χ2v) is 8.77. The van der Waals surface area contributed by atoms with Gasteiger partial charge in [-0.05, 0) is 19.3 Å². The van der Waals surface area contributed by atoms with Gasteiger partial charge >= 0.3 is 6.18 Å². The molecule has 1 amide bonds. The van der Waals surface area contributed by atoms with E-state index in [0.717, 1.165) is 23.8 Å². The molecule has 1 aromatic rings. The Morgan fingerprint density at radius 2 is 2.08 bits per heavy atom. The predicted molar refractivity (Wildman–Crippen MR) is 87.4 cm³/mol. The van der Waals surface area contributed by atoms with Crippen molar-refractivity contribution in [2.75, 3.05) is 12.3 Å². The lowest BCUT2D eigenvalue weighted by atomic mass is 10.1. The van der Waals surface area contributed by atoms with Gasteiger partial charge in [-0.3, -0.25) is 4.79 Å². The van der Waals surface area contributed by atoms with Crippen molar-refractivity contribution >= 4 is 27.5 Å². The van der Waals surface area contributed by atoms with Gasteiger partial charge < -0.3 is 9.47 Å². The van der Waals surface area contributed by atoms with Crippen LogP contribution in [-0.4, -0.2) is 43.1 Å². The van der Waals surface area contributed by atoms with Gasteiger partial charge in [-0.2, -0.15) is 13.2 Å². The van der Waals surface area contributed by atoms with Crippen LogP contribution in [0.15, 0.2) is 0 Å². The maximum absolute atomic E-state index is 12.8. The maximum Gasteiger partial charge on any atom is 0.451 e. The topological polar surface area (TPSA) is 51.0 Å². The van der Waals surface area contributed by atoms with E-state index in [1.54, 1.807) is 4.90 Å². The number of carbonyl (C=O) groups is 1. The largest absolute Gasteiger partial charge is 0.451 e. The quantitative estimate of drug-likeness (QED) is 0.579. The van der Waals surface area contributed by atoms with Gasteiger partial charge in [0.15, 0.2) is 5.82 Å². The molecule has 1 fully saturated rings. The minimum Gasteiger partial charge on any atom is -0.333 e. The number of unbranched alkanes of at least 4 members (excludes halogenated alkanes) is 1. The molecule has 0 aliphatic carbocycles. The molecule has 10 heteroatoms. The van der Waals surface area contributed by atoms with Crippen LogP contribution in [0.5, 0.6) is 0 Å². The molecule has 0 aromatic carbocycles. The van der Waals surface area contributed by atoms with Crippen LogP contribution < -0.4 is 0 Å². The Hall–Kier alpha value is -0.900. The average molecular weight is 380 g/mol. The monoisotopic (exact) mass is 380 g/mol. The second kappa shape index (κ2) is 7.55. The molecule has 1 aromatic heterocycles. The molecule has 134 valence electrons. The lowest BCUT2D eigenvalue weighted by Crippen LogP contribution is -2.39. The minimum atomic E-state index is -4.51. The molecular formula is C14H19F3N4OS2. The number of fused-ring (bicyclic) bond motifs is 1. The Morgan fingerprint density at radius 3 is 2.79 bits per heavy atom. The van der Waals surface area contributed by atoms with Crippen molar-refractivity contribution in [3.8, 4) is 0 Å². The number of halogens is 3. The highest BCUT2D eigenvalue weighted by molar-refractivity contribution is 8.77. The smallest absolute Gasteiger partial charge is 0.333 e. The molecule has 3 heterocycles. The van der Waals surface area contributed by atoms with Crippen molar-refractivity contribution in [2.24, 2.45) is 0 Å². The number of amides is 1. The summed E-state index contributed by atoms with van der Waals surface area (Å²) in [5.74, 6) is 0.437. The van der Waals surface area contributed by atoms with E-state index in [1.165, 1.54) is 12.2 Å². The molecule has 1 atom stereocenters. The molecule has 0 radical (unpaired) electrons. The van der Waals surface area contributed by atoms with E-state index < -0.39 is 12.0 Å². The Kier molecular flexibility index (Phi) is 5.63. The van der Waals surface area contributed by atoms with Crippen LogP contribution in [0.2, 0.25) is 0 Å². The molecule has 0 N–H and O–H groups in total. The van der Waals surface area contributed by atoms with Gasteiger partial charge in [0, 0.05) is 30.5 Å². The van der Waals surface area contributed by atoms with E-state index in [2.05, 4.69) is 10.2 Å². The van der Waals surface area contributed by atoms with Crippen molar-refractivity contribution in [1.82, 2.24) is 19.7 Å². The molecule has 0 saturated carbocycles. The summed E-state index contributed by atoms with van der Waals surface area (Å²) in [5.41, 5.74) is 0. The summed E-state index contributed by atoms with van der Waals surface area (Å²) in [4.78, 5) is 13.8. The van der Waals surface area contributed by atoms with Gasteiger partial charge in [0.05, 0.1) is 6.54 Å². The summed E-state index contributed by atoms with van der Waals surface area (Å²) in [6.07, 6.45) is 0.170. The molecule has 2 aliphatic heterocycles. The molecule has 24 heavy (non-hydrogen) atoms. The van der Waals surface area contributed by atoms with E-state index >= 15 is 0 Å². The Balaban J connectivity index is 1.46. The fourth-order valence-corrected chi connectivity index (χ4v) is 5.98. The zero-order chi connectivity index (χ0) is 17.2. The summed E-state index contributed by atoms with van der Waals surface area (Å²) >= 11 is 0. The lowest BCUT2D eigenvalue weighted by Gasteiger charge is -2.28. The van der Waals surface area contributed by atoms with Crippen LogP contribution in [0.3, 0.4) is 0 Å². The maximum atomic E-state index is 12.8. The third kappa shape index (κ3) is 4.19. The van der Waals surface area contributed by atoms with Gasteiger partial charge in [-0.15, -0.1) is 10.2 Å². The van der Waals surface area contributed by atoms with Crippen LogP contribution >= 0.6 is 21.6 Å². The van der Waals surface area contributed by atoms with Gasteiger partial charge in [-0.25, -0.2) is 0 Å². The fourth-order valence-electron chi connectivity index (χ4n) is 2.95. The highest BCUT2D eigenvalue weighted by Gasteiger charge is 2.39. The first-order chi connectivity index (χ1) is 11.4. The summed E-state index contributed by atoms with van der Waals surface area (Å²) in [7, 11) is 3.85. The average Bonchev–Trinajstić information content (AvgIpc) is 3.19. The van der Waals surface area contributed by atoms with Gasteiger partial charge in [0.1, 0.15) is 0 Å². The number of hydrogen-bond donors (Lipinski definition) is 0. The molecule has 0 spiro atoms. The molecule has 1 saturated heterocycles. The van der Waals surface area contributed by atoms with E-state index in [1.807, 2.05) is 21.6 Å². The normalized spacial score (nSPS) is 21.1. The SMILES string of the molecule is O=C(CCCCC1CCSS1)N1CCn2c(nnc2C(F)(F)F)C1. The Labute approximate surface area is 146 Å². The van der Waals surface area contributed by atoms with E-state index in [9.17, 15) is 18.0 Å². The van der Waals surface area contributed by atoms with Gasteiger partial charge in [-0.1, -0.05) is 28.0 Å². The van der Waals surface area contributed by atoms with Crippen molar-refractivity contribution in [3.63, 3.8) is 0 Å². The Morgan fingerprint density at radius 1 is 1.25 bits per heavy atom. The first kappa shape index (κ1) is 17.9. The highest BCUT2D eigenvalue weighted by atomic mass is 33.1. The molecule has 5 nitrogen and oxygen atoms in total. The molecule has 0 bridgehead atoms. The number of rotatable bonds is 5. The molecule has 2 aliphatic rings. The first-order valence-corrected chi connectivity index (χ1v) is 10.4. The lowest BCUT2D eigenvalue weighted by molar-refractivity contribution is -0.148.